The monoisotopic (exact) mass is 428 g/mol. The standard InChI is InChI=1S/C19H25BrN2O2.ClH/c20-14-4-5-17-15(10-14)16(6-7-24-17)22-19(23)13-8-11-2-1-3-12(9-13)18(11)21;/h4-5,10-13,16,18H,1-3,6-9,21H2,(H,22,23);1H. The van der Waals surface area contributed by atoms with Crippen molar-refractivity contribution in [3.8, 4) is 5.75 Å². The van der Waals surface area contributed by atoms with E-state index in [1.165, 1.54) is 19.3 Å². The highest BCUT2D eigenvalue weighted by Crippen LogP contribution is 2.42. The molecule has 2 bridgehead atoms. The van der Waals surface area contributed by atoms with E-state index in [9.17, 15) is 4.79 Å². The van der Waals surface area contributed by atoms with Crippen molar-refractivity contribution < 1.29 is 9.53 Å². The Morgan fingerprint density at radius 3 is 2.64 bits per heavy atom. The summed E-state index contributed by atoms with van der Waals surface area (Å²) in [5.74, 6) is 2.28. The predicted octanol–water partition coefficient (Wildman–Crippen LogP) is 3.96. The van der Waals surface area contributed by atoms with Crippen molar-refractivity contribution in [1.82, 2.24) is 5.32 Å². The molecule has 2 fully saturated rings. The second kappa shape index (κ2) is 7.85. The molecule has 1 amide bonds. The highest BCUT2D eigenvalue weighted by molar-refractivity contribution is 9.10. The fraction of sp³-hybridized carbons (Fsp3) is 0.632. The van der Waals surface area contributed by atoms with Crippen LogP contribution in [-0.4, -0.2) is 18.6 Å². The summed E-state index contributed by atoms with van der Waals surface area (Å²) in [5, 5.41) is 3.30. The van der Waals surface area contributed by atoms with E-state index in [1.807, 2.05) is 12.1 Å². The van der Waals surface area contributed by atoms with Gasteiger partial charge in [-0.15, -0.1) is 12.4 Å². The minimum atomic E-state index is 0. The number of nitrogens with two attached hydrogens (primary N) is 1. The molecule has 2 saturated carbocycles. The van der Waals surface area contributed by atoms with Crippen molar-refractivity contribution >= 4 is 34.2 Å². The maximum absolute atomic E-state index is 12.9. The Morgan fingerprint density at radius 1 is 1.20 bits per heavy atom. The first-order chi connectivity index (χ1) is 11.6. The number of rotatable bonds is 2. The van der Waals surface area contributed by atoms with Gasteiger partial charge < -0.3 is 15.8 Å². The van der Waals surface area contributed by atoms with Crippen LogP contribution in [0, 0.1) is 17.8 Å². The summed E-state index contributed by atoms with van der Waals surface area (Å²) in [5.41, 5.74) is 7.44. The van der Waals surface area contributed by atoms with Crippen molar-refractivity contribution in [3.63, 3.8) is 0 Å². The van der Waals surface area contributed by atoms with Crippen LogP contribution in [0.15, 0.2) is 22.7 Å². The Bertz CT molecular complexity index is 628. The Labute approximate surface area is 163 Å². The van der Waals surface area contributed by atoms with Crippen molar-refractivity contribution in [2.75, 3.05) is 6.61 Å². The van der Waals surface area contributed by atoms with E-state index >= 15 is 0 Å². The summed E-state index contributed by atoms with van der Waals surface area (Å²) in [6.45, 7) is 0.653. The second-order valence-corrected chi connectivity index (χ2v) is 8.49. The zero-order valence-corrected chi connectivity index (χ0v) is 16.7. The fourth-order valence-corrected chi connectivity index (χ4v) is 5.19. The first-order valence-corrected chi connectivity index (χ1v) is 9.89. The van der Waals surface area contributed by atoms with Crippen LogP contribution in [-0.2, 0) is 4.79 Å². The van der Waals surface area contributed by atoms with Crippen molar-refractivity contribution in [1.29, 1.82) is 0 Å². The lowest BCUT2D eigenvalue weighted by Gasteiger charge is -2.43. The molecule has 0 aromatic heterocycles. The van der Waals surface area contributed by atoms with Gasteiger partial charge in [-0.2, -0.15) is 0 Å². The molecule has 1 aromatic carbocycles. The van der Waals surface area contributed by atoms with Crippen LogP contribution >= 0.6 is 28.3 Å². The number of ether oxygens (including phenoxy) is 1. The van der Waals surface area contributed by atoms with Gasteiger partial charge in [-0.05, 0) is 55.7 Å². The number of fused-ring (bicyclic) bond motifs is 3. The Morgan fingerprint density at radius 2 is 1.92 bits per heavy atom. The molecule has 1 aliphatic heterocycles. The van der Waals surface area contributed by atoms with Gasteiger partial charge in [0, 0.05) is 28.4 Å². The highest BCUT2D eigenvalue weighted by atomic mass is 79.9. The molecule has 1 aromatic rings. The van der Waals surface area contributed by atoms with Crippen molar-refractivity contribution in [2.24, 2.45) is 23.5 Å². The molecule has 3 unspecified atom stereocenters. The molecule has 1 heterocycles. The van der Waals surface area contributed by atoms with Crippen LogP contribution in [0.25, 0.3) is 0 Å². The summed E-state index contributed by atoms with van der Waals surface area (Å²) in [6.07, 6.45) is 6.39. The molecule has 4 nitrogen and oxygen atoms in total. The molecule has 4 rings (SSSR count). The maximum atomic E-state index is 12.9. The van der Waals surface area contributed by atoms with Gasteiger partial charge in [-0.1, -0.05) is 22.4 Å². The molecule has 0 spiro atoms. The van der Waals surface area contributed by atoms with Crippen molar-refractivity contribution in [2.45, 2.75) is 50.6 Å². The molecular formula is C19H26BrClN2O2. The molecule has 2 aliphatic carbocycles. The zero-order chi connectivity index (χ0) is 16.7. The van der Waals surface area contributed by atoms with E-state index in [1.54, 1.807) is 0 Å². The van der Waals surface area contributed by atoms with E-state index in [-0.39, 0.29) is 30.3 Å². The molecule has 25 heavy (non-hydrogen) atoms. The summed E-state index contributed by atoms with van der Waals surface area (Å²) < 4.78 is 6.74. The van der Waals surface area contributed by atoms with Gasteiger partial charge in [0.2, 0.25) is 5.91 Å². The maximum Gasteiger partial charge on any atom is 0.223 e. The number of hydrogen-bond acceptors (Lipinski definition) is 3. The number of amides is 1. The molecule has 0 saturated heterocycles. The molecule has 138 valence electrons. The third kappa shape index (κ3) is 3.83. The molecule has 3 aliphatic rings. The predicted molar refractivity (Wildman–Crippen MR) is 104 cm³/mol. The topological polar surface area (TPSA) is 64.4 Å². The SMILES string of the molecule is Cl.NC1C2CCCC1CC(C(=O)NC1CCOc3ccc(Br)cc31)C2. The Hall–Kier alpha value is -0.780. The molecular weight excluding hydrogens is 404 g/mol. The van der Waals surface area contributed by atoms with Crippen LogP contribution in [0.2, 0.25) is 0 Å². The van der Waals surface area contributed by atoms with Crippen molar-refractivity contribution in [3.05, 3.63) is 28.2 Å². The van der Waals surface area contributed by atoms with E-state index in [0.29, 0.717) is 24.5 Å². The number of carbonyl (C=O) groups excluding carboxylic acids is 1. The third-order valence-electron chi connectivity index (χ3n) is 6.11. The number of nitrogens with one attached hydrogen (secondary N) is 1. The van der Waals surface area contributed by atoms with Crippen LogP contribution in [0.3, 0.4) is 0 Å². The zero-order valence-electron chi connectivity index (χ0n) is 14.2. The number of carbonyl (C=O) groups is 1. The van der Waals surface area contributed by atoms with Gasteiger partial charge in [0.25, 0.3) is 0 Å². The number of halogens is 2. The minimum absolute atomic E-state index is 0. The van der Waals surface area contributed by atoms with Gasteiger partial charge in [0.15, 0.2) is 0 Å². The third-order valence-corrected chi connectivity index (χ3v) is 6.60. The van der Waals surface area contributed by atoms with Gasteiger partial charge >= 0.3 is 0 Å². The summed E-state index contributed by atoms with van der Waals surface area (Å²) in [6, 6.07) is 6.37. The van der Waals surface area contributed by atoms with E-state index < -0.39 is 0 Å². The number of benzene rings is 1. The lowest BCUT2D eigenvalue weighted by Crippen LogP contribution is -2.49. The molecule has 3 N–H and O–H groups in total. The minimum Gasteiger partial charge on any atom is -0.493 e. The Balaban J connectivity index is 0.00000182. The summed E-state index contributed by atoms with van der Waals surface area (Å²) in [7, 11) is 0. The van der Waals surface area contributed by atoms with E-state index in [4.69, 9.17) is 10.5 Å². The lowest BCUT2D eigenvalue weighted by atomic mass is 9.65. The average molecular weight is 430 g/mol. The Kier molecular flexibility index (Phi) is 5.96. The summed E-state index contributed by atoms with van der Waals surface area (Å²) >= 11 is 3.52. The molecule has 3 atom stereocenters. The van der Waals surface area contributed by atoms with Crippen LogP contribution < -0.4 is 15.8 Å². The number of hydrogen-bond donors (Lipinski definition) is 2. The summed E-state index contributed by atoms with van der Waals surface area (Å²) in [4.78, 5) is 12.9. The quantitative estimate of drug-likeness (QED) is 0.748. The van der Waals surface area contributed by atoms with Crippen LogP contribution in [0.5, 0.6) is 5.75 Å². The largest absolute Gasteiger partial charge is 0.493 e. The van der Waals surface area contributed by atoms with E-state index in [2.05, 4.69) is 27.3 Å². The fourth-order valence-electron chi connectivity index (χ4n) is 4.81. The smallest absolute Gasteiger partial charge is 0.223 e. The first-order valence-electron chi connectivity index (χ1n) is 9.10. The first kappa shape index (κ1) is 19.0. The second-order valence-electron chi connectivity index (χ2n) is 7.58. The molecule has 0 radical (unpaired) electrons. The van der Waals surface area contributed by atoms with Gasteiger partial charge in [0.1, 0.15) is 5.75 Å². The van der Waals surface area contributed by atoms with E-state index in [0.717, 1.165) is 35.0 Å². The highest BCUT2D eigenvalue weighted by Gasteiger charge is 2.41. The van der Waals surface area contributed by atoms with Gasteiger partial charge in [-0.25, -0.2) is 0 Å². The van der Waals surface area contributed by atoms with Gasteiger partial charge in [0.05, 0.1) is 12.6 Å². The average Bonchev–Trinajstić information content (AvgIpc) is 2.55. The van der Waals surface area contributed by atoms with Gasteiger partial charge in [-0.3, -0.25) is 4.79 Å². The molecule has 6 heteroatoms. The normalized spacial score (nSPS) is 33.4. The lowest BCUT2D eigenvalue weighted by molar-refractivity contribution is -0.128. The van der Waals surface area contributed by atoms with Crippen LogP contribution in [0.1, 0.15) is 50.1 Å². The van der Waals surface area contributed by atoms with Crippen LogP contribution in [0.4, 0.5) is 0 Å².